The van der Waals surface area contributed by atoms with Crippen LogP contribution < -0.4 is 0 Å². The van der Waals surface area contributed by atoms with Gasteiger partial charge in [-0.05, 0) is 26.0 Å². The Kier molecular flexibility index (Phi) is 4.76. The second-order valence-corrected chi connectivity index (χ2v) is 5.90. The molecule has 0 aliphatic heterocycles. The highest BCUT2D eigenvalue weighted by molar-refractivity contribution is 6.32. The number of rotatable bonds is 4. The highest BCUT2D eigenvalue weighted by Gasteiger charge is 2.26. The molecule has 0 aliphatic carbocycles. The van der Waals surface area contributed by atoms with E-state index in [9.17, 15) is 9.90 Å². The van der Waals surface area contributed by atoms with Crippen molar-refractivity contribution in [1.82, 2.24) is 9.78 Å². The fourth-order valence-electron chi connectivity index (χ4n) is 2.52. The number of carbonyl (C=O) groups is 1. The third-order valence-electron chi connectivity index (χ3n) is 3.73. The van der Waals surface area contributed by atoms with Crippen molar-refractivity contribution in [1.29, 1.82) is 0 Å². The van der Waals surface area contributed by atoms with Crippen LogP contribution in [0.25, 0.3) is 16.9 Å². The van der Waals surface area contributed by atoms with E-state index in [0.29, 0.717) is 22.0 Å². The minimum atomic E-state index is -0.681. The molecule has 1 heterocycles. The fraction of sp³-hybridized carbons (Fsp3) is 0.158. The fourth-order valence-corrected chi connectivity index (χ4v) is 2.73. The van der Waals surface area contributed by atoms with Gasteiger partial charge < -0.3 is 9.84 Å². The van der Waals surface area contributed by atoms with Gasteiger partial charge in [0.05, 0.1) is 17.3 Å². The van der Waals surface area contributed by atoms with E-state index in [1.165, 1.54) is 4.68 Å². The number of aromatic nitrogens is 2. The number of nitrogens with zero attached hydrogens (tertiary/aromatic N) is 2. The second-order valence-electron chi connectivity index (χ2n) is 5.50. The summed E-state index contributed by atoms with van der Waals surface area (Å²) in [6.07, 6.45) is 0. The van der Waals surface area contributed by atoms with Gasteiger partial charge in [0, 0.05) is 5.56 Å². The van der Waals surface area contributed by atoms with E-state index in [4.69, 9.17) is 16.3 Å². The van der Waals surface area contributed by atoms with Crippen LogP contribution >= 0.6 is 11.6 Å². The summed E-state index contributed by atoms with van der Waals surface area (Å²) in [5.74, 6) is -0.915. The SMILES string of the molecule is CCOC(=O)c1nn(-c2ccccc2Cl)c(-c2ccc(C)cc2)c1O. The number of aryl methyl sites for hydroxylation is 1. The van der Waals surface area contributed by atoms with Gasteiger partial charge in [-0.2, -0.15) is 5.10 Å². The molecule has 0 saturated heterocycles. The number of esters is 1. The van der Waals surface area contributed by atoms with E-state index in [0.717, 1.165) is 5.56 Å². The molecular weight excluding hydrogens is 340 g/mol. The Balaban J connectivity index is 2.25. The quantitative estimate of drug-likeness (QED) is 0.704. The summed E-state index contributed by atoms with van der Waals surface area (Å²) < 4.78 is 6.46. The van der Waals surface area contributed by atoms with E-state index < -0.39 is 5.97 Å². The van der Waals surface area contributed by atoms with E-state index in [1.807, 2.05) is 37.3 Å². The Morgan fingerprint density at radius 3 is 2.52 bits per heavy atom. The number of aromatic hydroxyl groups is 1. The summed E-state index contributed by atoms with van der Waals surface area (Å²) in [6.45, 7) is 3.86. The Hall–Kier alpha value is -2.79. The second kappa shape index (κ2) is 6.99. The van der Waals surface area contributed by atoms with Crippen molar-refractivity contribution >= 4 is 17.6 Å². The summed E-state index contributed by atoms with van der Waals surface area (Å²) in [4.78, 5) is 12.1. The molecule has 0 fully saturated rings. The van der Waals surface area contributed by atoms with Crippen LogP contribution in [0.15, 0.2) is 48.5 Å². The number of hydrogen-bond acceptors (Lipinski definition) is 4. The van der Waals surface area contributed by atoms with E-state index in [2.05, 4.69) is 5.10 Å². The Morgan fingerprint density at radius 1 is 1.20 bits per heavy atom. The maximum Gasteiger partial charge on any atom is 0.362 e. The third-order valence-corrected chi connectivity index (χ3v) is 4.05. The van der Waals surface area contributed by atoms with Crippen molar-refractivity contribution in [2.45, 2.75) is 13.8 Å². The molecule has 0 atom stereocenters. The lowest BCUT2D eigenvalue weighted by Crippen LogP contribution is -2.07. The van der Waals surface area contributed by atoms with Gasteiger partial charge in [-0.1, -0.05) is 53.6 Å². The molecule has 0 unspecified atom stereocenters. The first kappa shape index (κ1) is 17.0. The number of hydrogen-bond donors (Lipinski definition) is 1. The highest BCUT2D eigenvalue weighted by Crippen LogP contribution is 2.36. The smallest absolute Gasteiger partial charge is 0.362 e. The van der Waals surface area contributed by atoms with Crippen LogP contribution in [0, 0.1) is 6.92 Å². The summed E-state index contributed by atoms with van der Waals surface area (Å²) in [5.41, 5.74) is 2.60. The van der Waals surface area contributed by atoms with Crippen LogP contribution in [-0.4, -0.2) is 27.5 Å². The molecule has 2 aromatic carbocycles. The predicted octanol–water partition coefficient (Wildman–Crippen LogP) is 4.38. The lowest BCUT2D eigenvalue weighted by Gasteiger charge is -2.09. The van der Waals surface area contributed by atoms with Crippen molar-refractivity contribution < 1.29 is 14.6 Å². The van der Waals surface area contributed by atoms with Gasteiger partial charge in [-0.3, -0.25) is 0 Å². The molecule has 0 aliphatic rings. The number of benzene rings is 2. The van der Waals surface area contributed by atoms with Crippen LogP contribution in [0.1, 0.15) is 23.0 Å². The molecule has 6 heteroatoms. The van der Waals surface area contributed by atoms with Crippen LogP contribution in [-0.2, 0) is 4.74 Å². The predicted molar refractivity (Wildman–Crippen MR) is 96.4 cm³/mol. The van der Waals surface area contributed by atoms with E-state index in [-0.39, 0.29) is 18.1 Å². The van der Waals surface area contributed by atoms with Crippen molar-refractivity contribution in [3.05, 3.63) is 64.8 Å². The average molecular weight is 357 g/mol. The zero-order valence-electron chi connectivity index (χ0n) is 13.9. The first-order valence-corrected chi connectivity index (χ1v) is 8.21. The first-order chi connectivity index (χ1) is 12.0. The molecule has 0 bridgehead atoms. The van der Waals surface area contributed by atoms with Crippen molar-refractivity contribution in [2.75, 3.05) is 6.61 Å². The largest absolute Gasteiger partial charge is 0.504 e. The van der Waals surface area contributed by atoms with Crippen LogP contribution in [0.4, 0.5) is 0 Å². The summed E-state index contributed by atoms with van der Waals surface area (Å²) in [7, 11) is 0. The minimum Gasteiger partial charge on any atom is -0.504 e. The molecule has 1 N–H and O–H groups in total. The van der Waals surface area contributed by atoms with Gasteiger partial charge in [-0.15, -0.1) is 0 Å². The molecule has 128 valence electrons. The summed E-state index contributed by atoms with van der Waals surface area (Å²) in [5, 5.41) is 15.4. The Labute approximate surface area is 150 Å². The molecule has 0 amide bonds. The standard InChI is InChI=1S/C19H17ClN2O3/c1-3-25-19(24)16-18(23)17(13-10-8-12(2)9-11-13)22(21-16)15-7-5-4-6-14(15)20/h4-11,23H,3H2,1-2H3. The number of halogens is 1. The van der Waals surface area contributed by atoms with Gasteiger partial charge in [0.2, 0.25) is 5.69 Å². The van der Waals surface area contributed by atoms with Crippen LogP contribution in [0.3, 0.4) is 0 Å². The van der Waals surface area contributed by atoms with Crippen molar-refractivity contribution in [3.63, 3.8) is 0 Å². The molecular formula is C19H17ClN2O3. The Bertz CT molecular complexity index is 917. The molecule has 3 aromatic rings. The lowest BCUT2D eigenvalue weighted by molar-refractivity contribution is 0.0515. The maximum atomic E-state index is 12.1. The van der Waals surface area contributed by atoms with Crippen molar-refractivity contribution in [2.24, 2.45) is 0 Å². The highest BCUT2D eigenvalue weighted by atomic mass is 35.5. The molecule has 5 nitrogen and oxygen atoms in total. The maximum absolute atomic E-state index is 12.1. The molecule has 0 saturated carbocycles. The Morgan fingerprint density at radius 2 is 1.88 bits per heavy atom. The average Bonchev–Trinajstić information content (AvgIpc) is 2.94. The zero-order valence-corrected chi connectivity index (χ0v) is 14.6. The van der Waals surface area contributed by atoms with Gasteiger partial charge >= 0.3 is 5.97 Å². The first-order valence-electron chi connectivity index (χ1n) is 7.84. The molecule has 25 heavy (non-hydrogen) atoms. The summed E-state index contributed by atoms with van der Waals surface area (Å²) >= 11 is 6.29. The van der Waals surface area contributed by atoms with Gasteiger partial charge in [-0.25, -0.2) is 9.48 Å². The topological polar surface area (TPSA) is 64.3 Å². The van der Waals surface area contributed by atoms with E-state index >= 15 is 0 Å². The van der Waals surface area contributed by atoms with Gasteiger partial charge in [0.1, 0.15) is 5.69 Å². The van der Waals surface area contributed by atoms with Crippen LogP contribution in [0.2, 0.25) is 5.02 Å². The van der Waals surface area contributed by atoms with E-state index in [1.54, 1.807) is 25.1 Å². The number of para-hydroxylation sites is 1. The minimum absolute atomic E-state index is 0.141. The molecule has 0 spiro atoms. The normalized spacial score (nSPS) is 10.7. The zero-order chi connectivity index (χ0) is 18.0. The molecule has 0 radical (unpaired) electrons. The third kappa shape index (κ3) is 3.23. The summed E-state index contributed by atoms with van der Waals surface area (Å²) in [6, 6.07) is 14.6. The van der Waals surface area contributed by atoms with Gasteiger partial charge in [0.15, 0.2) is 5.75 Å². The van der Waals surface area contributed by atoms with Gasteiger partial charge in [0.25, 0.3) is 0 Å². The van der Waals surface area contributed by atoms with Crippen LogP contribution in [0.5, 0.6) is 5.75 Å². The number of ether oxygens (including phenoxy) is 1. The molecule has 3 rings (SSSR count). The molecule has 1 aromatic heterocycles. The monoisotopic (exact) mass is 356 g/mol. The number of carbonyl (C=O) groups excluding carboxylic acids is 1. The lowest BCUT2D eigenvalue weighted by atomic mass is 10.1. The van der Waals surface area contributed by atoms with Crippen molar-refractivity contribution in [3.8, 4) is 22.7 Å².